The molecule has 1 atom stereocenters. The van der Waals surface area contributed by atoms with Crippen molar-refractivity contribution in [1.82, 2.24) is 10.2 Å². The number of benzene rings is 4. The number of aryl methyl sites for hydroxylation is 1. The van der Waals surface area contributed by atoms with Gasteiger partial charge < -0.3 is 15.0 Å². The van der Waals surface area contributed by atoms with Crippen molar-refractivity contribution < 1.29 is 22.7 Å². The van der Waals surface area contributed by atoms with E-state index in [0.717, 1.165) is 9.87 Å². The highest BCUT2D eigenvalue weighted by atomic mass is 35.5. The van der Waals surface area contributed by atoms with Gasteiger partial charge in [-0.15, -0.1) is 0 Å². The lowest BCUT2D eigenvalue weighted by atomic mass is 10.1. The van der Waals surface area contributed by atoms with Crippen molar-refractivity contribution >= 4 is 39.1 Å². The molecular formula is C35H38ClN3O5S. The first-order valence-electron chi connectivity index (χ1n) is 14.7. The number of hydrogen-bond acceptors (Lipinski definition) is 5. The van der Waals surface area contributed by atoms with Crippen LogP contribution in [0.2, 0.25) is 5.02 Å². The summed E-state index contributed by atoms with van der Waals surface area (Å²) in [5.74, 6) is 0.245. The summed E-state index contributed by atoms with van der Waals surface area (Å²) in [6.07, 6.45) is 0.310. The Morgan fingerprint density at radius 3 is 2.04 bits per heavy atom. The Labute approximate surface area is 270 Å². The van der Waals surface area contributed by atoms with Crippen LogP contribution in [-0.4, -0.2) is 43.8 Å². The Bertz CT molecular complexity index is 1700. The van der Waals surface area contributed by atoms with Gasteiger partial charge in [0.2, 0.25) is 11.8 Å². The molecule has 0 unspecified atom stereocenters. The number of amides is 2. The first-order chi connectivity index (χ1) is 21.5. The number of para-hydroxylation sites is 1. The number of ether oxygens (including phenoxy) is 1. The molecule has 10 heteroatoms. The molecule has 0 bridgehead atoms. The summed E-state index contributed by atoms with van der Waals surface area (Å²) >= 11 is 6.47. The molecule has 236 valence electrons. The first kappa shape index (κ1) is 33.6. The Hall–Kier alpha value is -4.34. The van der Waals surface area contributed by atoms with E-state index in [2.05, 4.69) is 5.32 Å². The predicted octanol–water partition coefficient (Wildman–Crippen LogP) is 6.97. The fourth-order valence-corrected chi connectivity index (χ4v) is 6.39. The van der Waals surface area contributed by atoms with Gasteiger partial charge in [0.15, 0.2) is 0 Å². The Kier molecular flexibility index (Phi) is 11.3. The minimum atomic E-state index is -4.21. The number of halogens is 1. The van der Waals surface area contributed by atoms with E-state index in [1.807, 2.05) is 58.0 Å². The average molecular weight is 648 g/mol. The zero-order valence-electron chi connectivity index (χ0n) is 25.8. The van der Waals surface area contributed by atoms with Gasteiger partial charge in [0.05, 0.1) is 10.6 Å². The fraction of sp³-hybridized carbons (Fsp3) is 0.257. The third kappa shape index (κ3) is 8.65. The zero-order chi connectivity index (χ0) is 32.6. The van der Waals surface area contributed by atoms with Crippen LogP contribution >= 0.6 is 11.6 Å². The Balaban J connectivity index is 1.74. The molecular weight excluding hydrogens is 610 g/mol. The first-order valence-corrected chi connectivity index (χ1v) is 16.6. The number of nitrogens with one attached hydrogen (secondary N) is 1. The highest BCUT2D eigenvalue weighted by molar-refractivity contribution is 7.92. The molecule has 0 heterocycles. The molecule has 0 spiro atoms. The quantitative estimate of drug-likeness (QED) is 0.169. The van der Waals surface area contributed by atoms with Crippen LogP contribution in [0.25, 0.3) is 0 Å². The summed E-state index contributed by atoms with van der Waals surface area (Å²) in [5, 5.41) is 3.33. The van der Waals surface area contributed by atoms with Crippen molar-refractivity contribution in [2.24, 2.45) is 0 Å². The molecule has 4 aromatic rings. The summed E-state index contributed by atoms with van der Waals surface area (Å²) in [4.78, 5) is 29.0. The minimum Gasteiger partial charge on any atom is -0.457 e. The summed E-state index contributed by atoms with van der Waals surface area (Å²) in [6, 6.07) is 28.2. The maximum absolute atomic E-state index is 14.2. The highest BCUT2D eigenvalue weighted by Crippen LogP contribution is 2.29. The van der Waals surface area contributed by atoms with Gasteiger partial charge in [-0.05, 0) is 87.4 Å². The molecule has 4 rings (SSSR count). The number of sulfonamides is 1. The van der Waals surface area contributed by atoms with Crippen molar-refractivity contribution in [3.05, 3.63) is 119 Å². The summed E-state index contributed by atoms with van der Waals surface area (Å²) < 4.78 is 35.2. The third-order valence-corrected chi connectivity index (χ3v) is 9.26. The molecule has 8 nitrogen and oxygen atoms in total. The van der Waals surface area contributed by atoms with Crippen LogP contribution in [0.4, 0.5) is 5.69 Å². The summed E-state index contributed by atoms with van der Waals surface area (Å²) in [5.41, 5.74) is 1.80. The van der Waals surface area contributed by atoms with E-state index in [4.69, 9.17) is 16.3 Å². The van der Waals surface area contributed by atoms with Gasteiger partial charge in [-0.2, -0.15) is 0 Å². The molecule has 0 aromatic heterocycles. The van der Waals surface area contributed by atoms with Gasteiger partial charge in [-0.3, -0.25) is 13.9 Å². The molecule has 0 aliphatic rings. The molecule has 1 N–H and O–H groups in total. The normalized spacial score (nSPS) is 12.0. The maximum Gasteiger partial charge on any atom is 0.264 e. The third-order valence-electron chi connectivity index (χ3n) is 7.11. The number of rotatable bonds is 13. The molecule has 4 aromatic carbocycles. The molecule has 0 saturated heterocycles. The predicted molar refractivity (Wildman–Crippen MR) is 178 cm³/mol. The van der Waals surface area contributed by atoms with Gasteiger partial charge in [0.1, 0.15) is 24.1 Å². The van der Waals surface area contributed by atoms with E-state index < -0.39 is 28.5 Å². The monoisotopic (exact) mass is 647 g/mol. The standard InChI is InChI=1S/C35H38ClN3O5S/c1-5-33(35(41)37-25(2)3)38(23-27-11-9-10-14-32(27)36)34(40)24-39(45(42,43)31-21-15-26(4)16-22-31)28-17-19-30(20-18-28)44-29-12-7-6-8-13-29/h6-22,25,33H,5,23-24H2,1-4H3,(H,37,41)/t33-/m1/s1. The summed E-state index contributed by atoms with van der Waals surface area (Å²) in [7, 11) is -4.21. The van der Waals surface area contributed by atoms with Crippen LogP contribution in [0, 0.1) is 6.92 Å². The molecule has 0 radical (unpaired) electrons. The van der Waals surface area contributed by atoms with Crippen LogP contribution in [0.1, 0.15) is 38.3 Å². The van der Waals surface area contributed by atoms with Crippen LogP contribution in [0.15, 0.2) is 108 Å². The lowest BCUT2D eigenvalue weighted by Crippen LogP contribution is -2.53. The number of carbonyl (C=O) groups excluding carboxylic acids is 2. The van der Waals surface area contributed by atoms with Crippen molar-refractivity contribution in [3.8, 4) is 11.5 Å². The lowest BCUT2D eigenvalue weighted by molar-refractivity contribution is -0.140. The number of nitrogens with zero attached hydrogens (tertiary/aromatic N) is 2. The smallest absolute Gasteiger partial charge is 0.264 e. The van der Waals surface area contributed by atoms with E-state index in [1.54, 1.807) is 60.7 Å². The van der Waals surface area contributed by atoms with Crippen molar-refractivity contribution in [1.29, 1.82) is 0 Å². The lowest BCUT2D eigenvalue weighted by Gasteiger charge is -2.33. The highest BCUT2D eigenvalue weighted by Gasteiger charge is 2.34. The van der Waals surface area contributed by atoms with Gasteiger partial charge in [0.25, 0.3) is 10.0 Å². The number of anilines is 1. The molecule has 2 amide bonds. The van der Waals surface area contributed by atoms with Gasteiger partial charge >= 0.3 is 0 Å². The van der Waals surface area contributed by atoms with Crippen LogP contribution in [0.5, 0.6) is 11.5 Å². The Morgan fingerprint density at radius 2 is 1.44 bits per heavy atom. The largest absolute Gasteiger partial charge is 0.457 e. The zero-order valence-corrected chi connectivity index (χ0v) is 27.4. The van der Waals surface area contributed by atoms with E-state index in [0.29, 0.717) is 28.5 Å². The molecule has 0 saturated carbocycles. The Morgan fingerprint density at radius 1 is 0.844 bits per heavy atom. The molecule has 0 fully saturated rings. The van der Waals surface area contributed by atoms with Crippen LogP contribution < -0.4 is 14.4 Å². The van der Waals surface area contributed by atoms with Gasteiger partial charge in [-0.25, -0.2) is 8.42 Å². The maximum atomic E-state index is 14.2. The van der Waals surface area contributed by atoms with Crippen molar-refractivity contribution in [2.45, 2.75) is 57.6 Å². The second kappa shape index (κ2) is 15.1. The molecule has 0 aliphatic carbocycles. The molecule has 0 aliphatic heterocycles. The van der Waals surface area contributed by atoms with Crippen molar-refractivity contribution in [2.75, 3.05) is 10.8 Å². The van der Waals surface area contributed by atoms with Crippen LogP contribution in [0.3, 0.4) is 0 Å². The van der Waals surface area contributed by atoms with Crippen LogP contribution in [-0.2, 0) is 26.2 Å². The van der Waals surface area contributed by atoms with E-state index in [-0.39, 0.29) is 29.1 Å². The summed E-state index contributed by atoms with van der Waals surface area (Å²) in [6.45, 7) is 6.82. The second-order valence-electron chi connectivity index (χ2n) is 10.9. The van der Waals surface area contributed by atoms with Gasteiger partial charge in [-0.1, -0.05) is 72.6 Å². The van der Waals surface area contributed by atoms with Gasteiger partial charge in [0, 0.05) is 17.6 Å². The number of carbonyl (C=O) groups is 2. The SMILES string of the molecule is CC[C@H](C(=O)NC(C)C)N(Cc1ccccc1Cl)C(=O)CN(c1ccc(Oc2ccccc2)cc1)S(=O)(=O)c1ccc(C)cc1. The average Bonchev–Trinajstić information content (AvgIpc) is 3.01. The van der Waals surface area contributed by atoms with E-state index in [1.165, 1.54) is 17.0 Å². The van der Waals surface area contributed by atoms with E-state index >= 15 is 0 Å². The van der Waals surface area contributed by atoms with Crippen molar-refractivity contribution in [3.63, 3.8) is 0 Å². The fourth-order valence-electron chi connectivity index (χ4n) is 4.78. The number of hydrogen-bond donors (Lipinski definition) is 1. The second-order valence-corrected chi connectivity index (χ2v) is 13.2. The molecule has 45 heavy (non-hydrogen) atoms. The van der Waals surface area contributed by atoms with E-state index in [9.17, 15) is 18.0 Å². The minimum absolute atomic E-state index is 0.0187. The topological polar surface area (TPSA) is 96.0 Å².